The molecule has 0 unspecified atom stereocenters. The van der Waals surface area contributed by atoms with Gasteiger partial charge in [0.2, 0.25) is 0 Å². The number of sulfone groups is 1. The number of fused-ring (bicyclic) bond motifs is 1. The zero-order valence-electron chi connectivity index (χ0n) is 12.2. The molecule has 0 aromatic heterocycles. The first-order valence-electron chi connectivity index (χ1n) is 6.82. The second-order valence-electron chi connectivity index (χ2n) is 5.19. The van der Waals surface area contributed by atoms with Crippen molar-refractivity contribution in [2.75, 3.05) is 6.26 Å². The van der Waals surface area contributed by atoms with Gasteiger partial charge in [-0.1, -0.05) is 24.3 Å². The first-order chi connectivity index (χ1) is 10.9. The molecule has 6 nitrogen and oxygen atoms in total. The molecule has 0 bridgehead atoms. The van der Waals surface area contributed by atoms with E-state index < -0.39 is 22.8 Å². The smallest absolute Gasteiger partial charge is 0.427 e. The van der Waals surface area contributed by atoms with Crippen LogP contribution in [0.5, 0.6) is 0 Å². The van der Waals surface area contributed by atoms with Crippen LogP contribution in [0.25, 0.3) is 0 Å². The van der Waals surface area contributed by atoms with Gasteiger partial charge in [0.15, 0.2) is 9.84 Å². The van der Waals surface area contributed by atoms with Crippen molar-refractivity contribution < 1.29 is 18.2 Å². The number of nitrogens with zero attached hydrogens (tertiary/aromatic N) is 2. The Balaban J connectivity index is 1.90. The number of hydrogen-bond acceptors (Lipinski definition) is 5. The molecule has 0 fully saturated rings. The van der Waals surface area contributed by atoms with Gasteiger partial charge in [-0.05, 0) is 35.3 Å². The number of hydrogen-bond donors (Lipinski definition) is 1. The van der Waals surface area contributed by atoms with Gasteiger partial charge in [-0.25, -0.2) is 13.3 Å². The fourth-order valence-corrected chi connectivity index (χ4v) is 2.95. The van der Waals surface area contributed by atoms with E-state index in [2.05, 4.69) is 5.10 Å². The third kappa shape index (κ3) is 2.90. The first kappa shape index (κ1) is 15.5. The monoisotopic (exact) mass is 328 g/mol. The molecule has 2 aromatic carbocycles. The molecule has 0 atom stereocenters. The van der Waals surface area contributed by atoms with Crippen LogP contribution in [0.15, 0.2) is 58.5 Å². The molecule has 23 heavy (non-hydrogen) atoms. The average Bonchev–Trinajstić information content (AvgIpc) is 2.54. The highest BCUT2D eigenvalue weighted by atomic mass is 32.2. The van der Waals surface area contributed by atoms with E-state index in [1.165, 1.54) is 30.5 Å². The summed E-state index contributed by atoms with van der Waals surface area (Å²) in [7, 11) is -4.51. The standard InChI is InChI=1S/C15H13BN2O4S/c1-23(21,22)13-8-6-11(7-9-13)15(19)18-16(20)14-5-3-2-4-12(14)10-17-18/h2-10,20H,1H3. The summed E-state index contributed by atoms with van der Waals surface area (Å²) < 4.78 is 22.9. The number of amides is 1. The van der Waals surface area contributed by atoms with Crippen molar-refractivity contribution in [1.82, 2.24) is 4.92 Å². The second-order valence-corrected chi connectivity index (χ2v) is 7.21. The molecule has 1 heterocycles. The Hall–Kier alpha value is -2.45. The SMILES string of the molecule is CS(=O)(=O)c1ccc(C(=O)N2N=Cc3ccccc3B2O)cc1. The Bertz CT molecular complexity index is 894. The topological polar surface area (TPSA) is 87.0 Å². The number of carbonyl (C=O) groups is 1. The molecule has 0 saturated heterocycles. The van der Waals surface area contributed by atoms with Gasteiger partial charge in [0.05, 0.1) is 11.1 Å². The predicted octanol–water partition coefficient (Wildman–Crippen LogP) is 0.268. The Morgan fingerprint density at radius 3 is 2.43 bits per heavy atom. The third-order valence-electron chi connectivity index (χ3n) is 3.56. The fourth-order valence-electron chi connectivity index (χ4n) is 2.32. The molecule has 0 spiro atoms. The van der Waals surface area contributed by atoms with Gasteiger partial charge in [0.1, 0.15) is 0 Å². The lowest BCUT2D eigenvalue weighted by Gasteiger charge is -2.24. The van der Waals surface area contributed by atoms with Gasteiger partial charge >= 0.3 is 7.05 Å². The van der Waals surface area contributed by atoms with E-state index in [1.54, 1.807) is 18.2 Å². The third-order valence-corrected chi connectivity index (χ3v) is 4.69. The van der Waals surface area contributed by atoms with Crippen LogP contribution in [0.1, 0.15) is 15.9 Å². The van der Waals surface area contributed by atoms with Crippen LogP contribution in [-0.4, -0.2) is 43.8 Å². The summed E-state index contributed by atoms with van der Waals surface area (Å²) in [5.41, 5.74) is 1.58. The van der Waals surface area contributed by atoms with E-state index in [0.29, 0.717) is 5.46 Å². The highest BCUT2D eigenvalue weighted by molar-refractivity contribution is 7.90. The largest absolute Gasteiger partial charge is 0.474 e. The molecule has 0 saturated carbocycles. The summed E-state index contributed by atoms with van der Waals surface area (Å²) >= 11 is 0. The van der Waals surface area contributed by atoms with Crippen LogP contribution >= 0.6 is 0 Å². The van der Waals surface area contributed by atoms with Crippen molar-refractivity contribution in [1.29, 1.82) is 0 Å². The minimum atomic E-state index is -3.32. The van der Waals surface area contributed by atoms with Gasteiger partial charge in [-0.3, -0.25) is 4.79 Å². The number of carbonyl (C=O) groups excluding carboxylic acids is 1. The highest BCUT2D eigenvalue weighted by Gasteiger charge is 2.33. The van der Waals surface area contributed by atoms with E-state index in [1.807, 2.05) is 6.07 Å². The van der Waals surface area contributed by atoms with Crippen LogP contribution in [0.3, 0.4) is 0 Å². The molecular weight excluding hydrogens is 315 g/mol. The minimum absolute atomic E-state index is 0.127. The predicted molar refractivity (Wildman–Crippen MR) is 87.4 cm³/mol. The Kier molecular flexibility index (Phi) is 3.79. The normalized spacial score (nSPS) is 13.8. The van der Waals surface area contributed by atoms with Crippen LogP contribution in [0, 0.1) is 0 Å². The van der Waals surface area contributed by atoms with Crippen LogP contribution < -0.4 is 5.46 Å². The van der Waals surface area contributed by atoms with E-state index in [9.17, 15) is 18.2 Å². The summed E-state index contributed by atoms with van der Waals surface area (Å²) in [6, 6.07) is 12.6. The average molecular weight is 328 g/mol. The van der Waals surface area contributed by atoms with Gasteiger partial charge < -0.3 is 5.02 Å². The summed E-state index contributed by atoms with van der Waals surface area (Å²) in [5, 5.41) is 14.3. The van der Waals surface area contributed by atoms with Crippen molar-refractivity contribution in [2.45, 2.75) is 4.90 Å². The zero-order chi connectivity index (χ0) is 16.6. The van der Waals surface area contributed by atoms with Crippen LogP contribution in [-0.2, 0) is 9.84 Å². The Morgan fingerprint density at radius 1 is 1.13 bits per heavy atom. The number of rotatable bonds is 2. The van der Waals surface area contributed by atoms with Crippen molar-refractivity contribution in [3.63, 3.8) is 0 Å². The lowest BCUT2D eigenvalue weighted by atomic mass is 9.69. The molecule has 1 N–H and O–H groups in total. The summed E-state index contributed by atoms with van der Waals surface area (Å²) in [6.07, 6.45) is 2.60. The quantitative estimate of drug-likeness (QED) is 0.802. The molecule has 1 aliphatic heterocycles. The van der Waals surface area contributed by atoms with E-state index >= 15 is 0 Å². The van der Waals surface area contributed by atoms with Crippen molar-refractivity contribution in [2.24, 2.45) is 5.10 Å². The van der Waals surface area contributed by atoms with Crippen molar-refractivity contribution >= 4 is 34.5 Å². The molecule has 2 aromatic rings. The van der Waals surface area contributed by atoms with Crippen molar-refractivity contribution in [3.05, 3.63) is 59.7 Å². The second kappa shape index (κ2) is 5.64. The van der Waals surface area contributed by atoms with Gasteiger partial charge in [-0.2, -0.15) is 5.10 Å². The molecule has 1 amide bonds. The van der Waals surface area contributed by atoms with E-state index in [0.717, 1.165) is 16.7 Å². The van der Waals surface area contributed by atoms with Crippen LogP contribution in [0.4, 0.5) is 0 Å². The number of hydrazone groups is 1. The zero-order valence-corrected chi connectivity index (χ0v) is 13.1. The maximum absolute atomic E-state index is 12.5. The highest BCUT2D eigenvalue weighted by Crippen LogP contribution is 2.14. The Morgan fingerprint density at radius 2 is 1.78 bits per heavy atom. The summed E-state index contributed by atoms with van der Waals surface area (Å²) in [5.74, 6) is -0.511. The number of benzene rings is 2. The fraction of sp³-hybridized carbons (Fsp3) is 0.0667. The van der Waals surface area contributed by atoms with Gasteiger partial charge in [-0.15, -0.1) is 0 Å². The van der Waals surface area contributed by atoms with Crippen LogP contribution in [0.2, 0.25) is 0 Å². The molecule has 1 aliphatic rings. The van der Waals surface area contributed by atoms with E-state index in [4.69, 9.17) is 0 Å². The molecule has 3 rings (SSSR count). The maximum Gasteiger partial charge on any atom is 0.474 e. The van der Waals surface area contributed by atoms with Gasteiger partial charge in [0, 0.05) is 11.8 Å². The lowest BCUT2D eigenvalue weighted by molar-refractivity contribution is 0.0846. The summed E-state index contributed by atoms with van der Waals surface area (Å²) in [6.45, 7) is 0. The van der Waals surface area contributed by atoms with Gasteiger partial charge in [0.25, 0.3) is 5.91 Å². The summed E-state index contributed by atoms with van der Waals surface area (Å²) in [4.78, 5) is 13.6. The molecule has 0 radical (unpaired) electrons. The van der Waals surface area contributed by atoms with E-state index in [-0.39, 0.29) is 10.5 Å². The molecular formula is C15H13BN2O4S. The van der Waals surface area contributed by atoms with Crippen molar-refractivity contribution in [3.8, 4) is 0 Å². The maximum atomic E-state index is 12.5. The molecule has 8 heteroatoms. The first-order valence-corrected chi connectivity index (χ1v) is 8.72. The lowest BCUT2D eigenvalue weighted by Crippen LogP contribution is -2.52. The minimum Gasteiger partial charge on any atom is -0.427 e. The molecule has 0 aliphatic carbocycles. The Labute approximate surface area is 134 Å². The molecule has 116 valence electrons.